The number of aliphatic hydroxyl groups is 1. The number of aliphatic hydroxyl groups excluding tert-OH is 1. The zero-order chi connectivity index (χ0) is 21.0. The van der Waals surface area contributed by atoms with Gasteiger partial charge in [-0.1, -0.05) is 54.6 Å². The van der Waals surface area contributed by atoms with Crippen LogP contribution in [-0.2, 0) is 18.0 Å². The predicted molar refractivity (Wildman–Crippen MR) is 118 cm³/mol. The number of fused-ring (bicyclic) bond motifs is 2. The molecule has 4 aromatic rings. The molecule has 1 aliphatic heterocycles. The van der Waals surface area contributed by atoms with Crippen molar-refractivity contribution in [1.82, 2.24) is 4.98 Å². The summed E-state index contributed by atoms with van der Waals surface area (Å²) in [6.45, 7) is 1.07. The minimum atomic E-state index is -0.783. The third-order valence-corrected chi connectivity index (χ3v) is 5.40. The molecule has 5 nitrogen and oxygen atoms in total. The number of benzene rings is 3. The highest BCUT2D eigenvalue weighted by molar-refractivity contribution is 5.78. The molecule has 2 heterocycles. The van der Waals surface area contributed by atoms with Crippen LogP contribution in [0.25, 0.3) is 10.9 Å². The summed E-state index contributed by atoms with van der Waals surface area (Å²) >= 11 is 0. The van der Waals surface area contributed by atoms with Crippen LogP contribution in [0, 0.1) is 0 Å². The number of aromatic nitrogens is 1. The number of nitrogens with zero attached hydrogens (tertiary/aromatic N) is 1. The van der Waals surface area contributed by atoms with Crippen molar-refractivity contribution in [1.29, 1.82) is 0 Å². The van der Waals surface area contributed by atoms with Gasteiger partial charge in [0, 0.05) is 10.9 Å². The highest BCUT2D eigenvalue weighted by Gasteiger charge is 2.30. The standard InChI is InChI=1S/C26H23NO4/c28-26-22-14-21(29-16-20-11-10-19-8-4-5-9-23(19)27-20)12-13-24(22)31-17-25(26)30-15-18-6-2-1-3-7-18/h1-14,25-26,28H,15-17H2/t25-,26+/m0/s1. The Hall–Kier alpha value is -3.41. The summed E-state index contributed by atoms with van der Waals surface area (Å²) in [6, 6.07) is 27.4. The molecule has 5 heteroatoms. The van der Waals surface area contributed by atoms with Crippen LogP contribution < -0.4 is 9.47 Å². The summed E-state index contributed by atoms with van der Waals surface area (Å²) in [5.41, 5.74) is 3.52. The lowest BCUT2D eigenvalue weighted by Crippen LogP contribution is -2.33. The molecule has 5 rings (SSSR count). The Labute approximate surface area is 180 Å². The first-order valence-corrected chi connectivity index (χ1v) is 10.3. The van der Waals surface area contributed by atoms with Gasteiger partial charge in [0.1, 0.15) is 36.9 Å². The van der Waals surface area contributed by atoms with Gasteiger partial charge in [0.25, 0.3) is 0 Å². The van der Waals surface area contributed by atoms with Gasteiger partial charge in [0.15, 0.2) is 0 Å². The SMILES string of the molecule is O[C@@H]1c2cc(OCc3ccc4ccccc4n3)ccc2OC[C@@H]1OCc1ccccc1. The van der Waals surface area contributed by atoms with Crippen LogP contribution >= 0.6 is 0 Å². The molecule has 1 N–H and O–H groups in total. The van der Waals surface area contributed by atoms with E-state index in [-0.39, 0.29) is 0 Å². The Morgan fingerprint density at radius 3 is 2.65 bits per heavy atom. The molecule has 0 amide bonds. The second-order valence-electron chi connectivity index (χ2n) is 7.57. The fourth-order valence-electron chi connectivity index (χ4n) is 3.70. The molecular weight excluding hydrogens is 390 g/mol. The molecule has 0 bridgehead atoms. The number of rotatable bonds is 6. The highest BCUT2D eigenvalue weighted by atomic mass is 16.5. The van der Waals surface area contributed by atoms with E-state index in [4.69, 9.17) is 14.2 Å². The number of para-hydroxylation sites is 1. The first kappa shape index (κ1) is 19.5. The van der Waals surface area contributed by atoms with Crippen LogP contribution in [0.3, 0.4) is 0 Å². The highest BCUT2D eigenvalue weighted by Crippen LogP contribution is 2.36. The van der Waals surface area contributed by atoms with E-state index in [1.807, 2.05) is 84.9 Å². The number of hydrogen-bond donors (Lipinski definition) is 1. The second kappa shape index (κ2) is 8.76. The number of hydrogen-bond acceptors (Lipinski definition) is 5. The summed E-state index contributed by atoms with van der Waals surface area (Å²) in [6.07, 6.45) is -1.22. The van der Waals surface area contributed by atoms with E-state index in [0.29, 0.717) is 36.9 Å². The minimum Gasteiger partial charge on any atom is -0.490 e. The fourth-order valence-corrected chi connectivity index (χ4v) is 3.70. The van der Waals surface area contributed by atoms with Crippen molar-refractivity contribution in [2.45, 2.75) is 25.4 Å². The topological polar surface area (TPSA) is 60.8 Å². The molecule has 0 aliphatic carbocycles. The maximum absolute atomic E-state index is 10.9. The molecule has 3 aromatic carbocycles. The average Bonchev–Trinajstić information content (AvgIpc) is 2.83. The van der Waals surface area contributed by atoms with Crippen molar-refractivity contribution in [3.63, 3.8) is 0 Å². The molecule has 0 spiro atoms. The van der Waals surface area contributed by atoms with E-state index in [9.17, 15) is 5.11 Å². The lowest BCUT2D eigenvalue weighted by Gasteiger charge is -2.30. The van der Waals surface area contributed by atoms with Gasteiger partial charge in [-0.3, -0.25) is 0 Å². The Balaban J connectivity index is 1.26. The lowest BCUT2D eigenvalue weighted by molar-refractivity contribution is -0.0794. The van der Waals surface area contributed by atoms with Gasteiger partial charge in [-0.05, 0) is 35.9 Å². The summed E-state index contributed by atoms with van der Waals surface area (Å²) in [4.78, 5) is 4.64. The van der Waals surface area contributed by atoms with Crippen LogP contribution in [0.4, 0.5) is 0 Å². The van der Waals surface area contributed by atoms with Crippen LogP contribution in [0.5, 0.6) is 11.5 Å². The Bertz CT molecular complexity index is 1180. The first-order valence-electron chi connectivity index (χ1n) is 10.3. The van der Waals surface area contributed by atoms with Crippen molar-refractivity contribution >= 4 is 10.9 Å². The molecule has 156 valence electrons. The maximum atomic E-state index is 10.9. The van der Waals surface area contributed by atoms with E-state index >= 15 is 0 Å². The lowest BCUT2D eigenvalue weighted by atomic mass is 10.0. The molecule has 31 heavy (non-hydrogen) atoms. The average molecular weight is 413 g/mol. The fraction of sp³-hybridized carbons (Fsp3) is 0.192. The smallest absolute Gasteiger partial charge is 0.130 e. The Kier molecular flexibility index (Phi) is 5.52. The van der Waals surface area contributed by atoms with Crippen molar-refractivity contribution < 1.29 is 19.3 Å². The van der Waals surface area contributed by atoms with Gasteiger partial charge in [-0.25, -0.2) is 4.98 Å². The zero-order valence-corrected chi connectivity index (χ0v) is 17.0. The molecular formula is C26H23NO4. The van der Waals surface area contributed by atoms with E-state index < -0.39 is 12.2 Å². The summed E-state index contributed by atoms with van der Waals surface area (Å²) in [5.74, 6) is 1.31. The molecule has 0 saturated carbocycles. The Morgan fingerprint density at radius 2 is 1.74 bits per heavy atom. The zero-order valence-electron chi connectivity index (χ0n) is 17.0. The molecule has 1 aromatic heterocycles. The monoisotopic (exact) mass is 413 g/mol. The van der Waals surface area contributed by atoms with E-state index in [2.05, 4.69) is 4.98 Å². The molecule has 0 saturated heterocycles. The molecule has 0 unspecified atom stereocenters. The van der Waals surface area contributed by atoms with Crippen molar-refractivity contribution in [2.75, 3.05) is 6.61 Å². The van der Waals surface area contributed by atoms with Crippen LogP contribution in [0.1, 0.15) is 22.9 Å². The quantitative estimate of drug-likeness (QED) is 0.491. The van der Waals surface area contributed by atoms with Crippen molar-refractivity contribution in [3.05, 3.63) is 102 Å². The van der Waals surface area contributed by atoms with E-state index in [1.165, 1.54) is 0 Å². The van der Waals surface area contributed by atoms with Gasteiger partial charge in [-0.15, -0.1) is 0 Å². The molecule has 1 aliphatic rings. The summed E-state index contributed by atoms with van der Waals surface area (Å²) < 4.78 is 17.7. The van der Waals surface area contributed by atoms with E-state index in [0.717, 1.165) is 22.2 Å². The molecule has 0 fully saturated rings. The third-order valence-electron chi connectivity index (χ3n) is 5.40. The second-order valence-corrected chi connectivity index (χ2v) is 7.57. The summed E-state index contributed by atoms with van der Waals surface area (Å²) in [7, 11) is 0. The van der Waals surface area contributed by atoms with Crippen LogP contribution in [-0.4, -0.2) is 22.8 Å². The van der Waals surface area contributed by atoms with E-state index in [1.54, 1.807) is 0 Å². The van der Waals surface area contributed by atoms with Gasteiger partial charge < -0.3 is 19.3 Å². The van der Waals surface area contributed by atoms with Gasteiger partial charge in [-0.2, -0.15) is 0 Å². The van der Waals surface area contributed by atoms with Crippen LogP contribution in [0.2, 0.25) is 0 Å². The summed E-state index contributed by atoms with van der Waals surface area (Å²) in [5, 5.41) is 12.0. The van der Waals surface area contributed by atoms with Gasteiger partial charge in [0.05, 0.1) is 17.8 Å². The number of ether oxygens (including phenoxy) is 3. The third kappa shape index (κ3) is 4.38. The predicted octanol–water partition coefficient (Wildman–Crippen LogP) is 4.83. The normalized spacial score (nSPS) is 17.7. The largest absolute Gasteiger partial charge is 0.490 e. The van der Waals surface area contributed by atoms with Gasteiger partial charge >= 0.3 is 0 Å². The molecule has 2 atom stereocenters. The minimum absolute atomic E-state index is 0.308. The maximum Gasteiger partial charge on any atom is 0.130 e. The Morgan fingerprint density at radius 1 is 0.903 bits per heavy atom. The van der Waals surface area contributed by atoms with Crippen molar-refractivity contribution in [2.24, 2.45) is 0 Å². The van der Waals surface area contributed by atoms with Crippen molar-refractivity contribution in [3.8, 4) is 11.5 Å². The van der Waals surface area contributed by atoms with Crippen LogP contribution in [0.15, 0.2) is 84.9 Å². The molecule has 0 radical (unpaired) electrons. The first-order chi connectivity index (χ1) is 15.3. The number of pyridine rings is 1. The van der Waals surface area contributed by atoms with Gasteiger partial charge in [0.2, 0.25) is 0 Å².